The Bertz CT molecular complexity index is 966. The summed E-state index contributed by atoms with van der Waals surface area (Å²) in [6.07, 6.45) is 1.92. The molecule has 1 heterocycles. The Morgan fingerprint density at radius 2 is 2.14 bits per heavy atom. The predicted octanol–water partition coefficient (Wildman–Crippen LogP) is 2.17. The Labute approximate surface area is 169 Å². The van der Waals surface area contributed by atoms with Crippen LogP contribution < -0.4 is 5.56 Å². The zero-order valence-electron chi connectivity index (χ0n) is 16.8. The fourth-order valence-corrected chi connectivity index (χ4v) is 3.76. The van der Waals surface area contributed by atoms with E-state index in [0.717, 1.165) is 11.1 Å². The molecule has 3 rings (SSSR count). The molecule has 2 unspecified atom stereocenters. The molecule has 7 heteroatoms. The lowest BCUT2D eigenvalue weighted by atomic mass is 9.81. The van der Waals surface area contributed by atoms with Gasteiger partial charge in [-0.3, -0.25) is 19.0 Å². The van der Waals surface area contributed by atoms with E-state index in [0.29, 0.717) is 38.2 Å². The molecule has 1 aromatic heterocycles. The summed E-state index contributed by atoms with van der Waals surface area (Å²) in [5, 5.41) is 10.2. The second kappa shape index (κ2) is 9.24. The number of aryl methyl sites for hydroxylation is 1. The third kappa shape index (κ3) is 4.52. The van der Waals surface area contributed by atoms with Gasteiger partial charge in [-0.2, -0.15) is 0 Å². The third-order valence-electron chi connectivity index (χ3n) is 5.26. The molecule has 0 bridgehead atoms. The van der Waals surface area contributed by atoms with E-state index in [2.05, 4.69) is 4.98 Å². The van der Waals surface area contributed by atoms with Gasteiger partial charge in [0.15, 0.2) is 5.78 Å². The highest BCUT2D eigenvalue weighted by atomic mass is 16.5. The number of Topliss-reactive ketones (excluding diaryl/α,β-unsaturated/α-hetero) is 2. The maximum absolute atomic E-state index is 13.2. The smallest absolute Gasteiger partial charge is 0.264 e. The number of hydrogen-bond acceptors (Lipinski definition) is 6. The molecule has 1 fully saturated rings. The Kier molecular flexibility index (Phi) is 6.71. The van der Waals surface area contributed by atoms with Crippen LogP contribution in [0, 0.1) is 12.8 Å². The van der Waals surface area contributed by atoms with E-state index in [1.165, 1.54) is 10.8 Å². The number of hydrogen-bond donors (Lipinski definition) is 1. The molecular formula is C22H26N2O5. The van der Waals surface area contributed by atoms with Crippen molar-refractivity contribution in [2.75, 3.05) is 13.7 Å². The van der Waals surface area contributed by atoms with Gasteiger partial charge in [0.2, 0.25) is 0 Å². The lowest BCUT2D eigenvalue weighted by Crippen LogP contribution is -2.41. The SMILES string of the molecule is COCCCn1c(-c2cccc(C)c2)ncc(C(=O)C2C(=O)CCCC2O)c1=O. The van der Waals surface area contributed by atoms with Crippen molar-refractivity contribution >= 4 is 11.6 Å². The van der Waals surface area contributed by atoms with Gasteiger partial charge in [-0.1, -0.05) is 23.8 Å². The first-order valence-electron chi connectivity index (χ1n) is 9.85. The van der Waals surface area contributed by atoms with Crippen LogP contribution in [0.1, 0.15) is 41.6 Å². The van der Waals surface area contributed by atoms with Crippen molar-refractivity contribution in [2.45, 2.75) is 45.3 Å². The van der Waals surface area contributed by atoms with Crippen LogP contribution in [0.15, 0.2) is 35.3 Å². The number of rotatable bonds is 7. The Balaban J connectivity index is 2.05. The summed E-state index contributed by atoms with van der Waals surface area (Å²) in [6, 6.07) is 7.61. The minimum atomic E-state index is -1.18. The van der Waals surface area contributed by atoms with E-state index in [1.54, 1.807) is 7.11 Å². The second-order valence-corrected chi connectivity index (χ2v) is 7.44. The molecule has 2 aromatic rings. The van der Waals surface area contributed by atoms with Gasteiger partial charge in [0.05, 0.1) is 6.10 Å². The number of methoxy groups -OCH3 is 1. The fourth-order valence-electron chi connectivity index (χ4n) is 3.76. The maximum atomic E-state index is 13.2. The minimum Gasteiger partial charge on any atom is -0.392 e. The highest BCUT2D eigenvalue weighted by Gasteiger charge is 2.38. The number of ether oxygens (including phenoxy) is 1. The number of ketones is 2. The summed E-state index contributed by atoms with van der Waals surface area (Å²) in [7, 11) is 1.58. The van der Waals surface area contributed by atoms with E-state index >= 15 is 0 Å². The monoisotopic (exact) mass is 398 g/mol. The first kappa shape index (κ1) is 21.1. The van der Waals surface area contributed by atoms with Gasteiger partial charge in [-0.05, 0) is 32.3 Å². The molecular weight excluding hydrogens is 372 g/mol. The van der Waals surface area contributed by atoms with Gasteiger partial charge in [0.25, 0.3) is 5.56 Å². The quantitative estimate of drug-likeness (QED) is 0.436. The molecule has 0 amide bonds. The largest absolute Gasteiger partial charge is 0.392 e. The van der Waals surface area contributed by atoms with Crippen molar-refractivity contribution in [3.8, 4) is 11.4 Å². The van der Waals surface area contributed by atoms with Crippen molar-refractivity contribution in [2.24, 2.45) is 5.92 Å². The molecule has 1 aliphatic rings. The van der Waals surface area contributed by atoms with E-state index in [4.69, 9.17) is 4.74 Å². The lowest BCUT2D eigenvalue weighted by molar-refractivity contribution is -0.126. The molecule has 0 saturated heterocycles. The summed E-state index contributed by atoms with van der Waals surface area (Å²) in [6.45, 7) is 2.73. The average Bonchev–Trinajstić information content (AvgIpc) is 2.69. The van der Waals surface area contributed by atoms with Crippen LogP contribution >= 0.6 is 0 Å². The highest BCUT2D eigenvalue weighted by molar-refractivity contribution is 6.11. The number of carbonyl (C=O) groups excluding carboxylic acids is 2. The number of benzene rings is 1. The van der Waals surface area contributed by atoms with Gasteiger partial charge >= 0.3 is 0 Å². The van der Waals surface area contributed by atoms with Crippen LogP contribution in [0.5, 0.6) is 0 Å². The standard InChI is InChI=1S/C22H26N2O5/c1-14-6-3-7-15(12-14)21-23-13-16(22(28)24(21)10-5-11-29-2)20(27)19-17(25)8-4-9-18(19)26/h3,6-7,12-13,17,19,25H,4-5,8-11H2,1-2H3. The van der Waals surface area contributed by atoms with E-state index in [-0.39, 0.29) is 17.8 Å². The maximum Gasteiger partial charge on any atom is 0.264 e. The molecule has 1 aromatic carbocycles. The molecule has 1 aliphatic carbocycles. The van der Waals surface area contributed by atoms with Gasteiger partial charge in [0.1, 0.15) is 23.1 Å². The Morgan fingerprint density at radius 1 is 1.34 bits per heavy atom. The van der Waals surface area contributed by atoms with Gasteiger partial charge in [-0.15, -0.1) is 0 Å². The van der Waals surface area contributed by atoms with Crippen LogP contribution in [-0.2, 0) is 16.1 Å². The molecule has 0 aliphatic heterocycles. The molecule has 1 saturated carbocycles. The first-order valence-corrected chi connectivity index (χ1v) is 9.85. The zero-order chi connectivity index (χ0) is 21.0. The minimum absolute atomic E-state index is 0.155. The number of nitrogens with zero attached hydrogens (tertiary/aromatic N) is 2. The predicted molar refractivity (Wildman–Crippen MR) is 108 cm³/mol. The molecule has 29 heavy (non-hydrogen) atoms. The van der Waals surface area contributed by atoms with Crippen molar-refractivity contribution in [1.82, 2.24) is 9.55 Å². The average molecular weight is 398 g/mol. The van der Waals surface area contributed by atoms with Crippen LogP contribution in [0.3, 0.4) is 0 Å². The van der Waals surface area contributed by atoms with Crippen molar-refractivity contribution < 1.29 is 19.4 Å². The van der Waals surface area contributed by atoms with Gasteiger partial charge in [-0.25, -0.2) is 4.98 Å². The molecule has 0 radical (unpaired) electrons. The van der Waals surface area contributed by atoms with Crippen LogP contribution in [0.2, 0.25) is 0 Å². The van der Waals surface area contributed by atoms with Gasteiger partial charge < -0.3 is 9.84 Å². The van der Waals surface area contributed by atoms with E-state index in [1.807, 2.05) is 31.2 Å². The van der Waals surface area contributed by atoms with E-state index < -0.39 is 23.4 Å². The van der Waals surface area contributed by atoms with Crippen molar-refractivity contribution in [1.29, 1.82) is 0 Å². The van der Waals surface area contributed by atoms with Crippen molar-refractivity contribution in [3.05, 3.63) is 51.9 Å². The first-order chi connectivity index (χ1) is 13.9. The summed E-state index contributed by atoms with van der Waals surface area (Å²) >= 11 is 0. The number of aromatic nitrogens is 2. The summed E-state index contributed by atoms with van der Waals surface area (Å²) in [5.74, 6) is -1.69. The Hall–Kier alpha value is -2.64. The van der Waals surface area contributed by atoms with Crippen LogP contribution in [-0.4, -0.2) is 46.0 Å². The fraction of sp³-hybridized carbons (Fsp3) is 0.455. The third-order valence-corrected chi connectivity index (χ3v) is 5.26. The molecule has 1 N–H and O–H groups in total. The highest BCUT2D eigenvalue weighted by Crippen LogP contribution is 2.25. The second-order valence-electron chi connectivity index (χ2n) is 7.44. The van der Waals surface area contributed by atoms with Crippen LogP contribution in [0.25, 0.3) is 11.4 Å². The molecule has 154 valence electrons. The molecule has 7 nitrogen and oxygen atoms in total. The Morgan fingerprint density at radius 3 is 2.83 bits per heavy atom. The van der Waals surface area contributed by atoms with Gasteiger partial charge in [0, 0.05) is 38.4 Å². The lowest BCUT2D eigenvalue weighted by Gasteiger charge is -2.25. The zero-order valence-corrected chi connectivity index (χ0v) is 16.8. The van der Waals surface area contributed by atoms with E-state index in [9.17, 15) is 19.5 Å². The number of aliphatic hydroxyl groups is 1. The summed E-state index contributed by atoms with van der Waals surface area (Å²) in [5.41, 5.74) is 1.14. The molecule has 2 atom stereocenters. The number of aliphatic hydroxyl groups excluding tert-OH is 1. The molecule has 0 spiro atoms. The number of carbonyl (C=O) groups is 2. The van der Waals surface area contributed by atoms with Crippen LogP contribution in [0.4, 0.5) is 0 Å². The van der Waals surface area contributed by atoms with Crippen molar-refractivity contribution in [3.63, 3.8) is 0 Å². The summed E-state index contributed by atoms with van der Waals surface area (Å²) in [4.78, 5) is 42.8. The normalized spacial score (nSPS) is 19.3. The summed E-state index contributed by atoms with van der Waals surface area (Å²) < 4.78 is 6.55. The topological polar surface area (TPSA) is 98.5 Å².